The standard InChI is InChI=1S/C15H24N2O2.ClH/c1-4-9-19-14-7-5-13(6-8-14)11-17-15(18)12(2)10-16-3;/h5-8,12,16H,4,9-11H2,1-3H3,(H,17,18);1H. The van der Waals surface area contributed by atoms with Crippen molar-refractivity contribution in [2.75, 3.05) is 20.2 Å². The molecule has 1 atom stereocenters. The summed E-state index contributed by atoms with van der Waals surface area (Å²) in [6.45, 7) is 5.97. The quantitative estimate of drug-likeness (QED) is 0.775. The first-order chi connectivity index (χ1) is 9.17. The minimum atomic E-state index is -0.0165. The zero-order valence-electron chi connectivity index (χ0n) is 12.4. The van der Waals surface area contributed by atoms with Crippen LogP contribution in [0.2, 0.25) is 0 Å². The number of amides is 1. The molecule has 1 unspecified atom stereocenters. The van der Waals surface area contributed by atoms with Crippen molar-refractivity contribution in [1.82, 2.24) is 10.6 Å². The van der Waals surface area contributed by atoms with Crippen molar-refractivity contribution in [3.8, 4) is 5.75 Å². The van der Waals surface area contributed by atoms with Gasteiger partial charge in [-0.05, 0) is 31.2 Å². The highest BCUT2D eigenvalue weighted by molar-refractivity contribution is 5.85. The van der Waals surface area contributed by atoms with Crippen molar-refractivity contribution in [3.63, 3.8) is 0 Å². The maximum atomic E-state index is 11.7. The fraction of sp³-hybridized carbons (Fsp3) is 0.533. The van der Waals surface area contributed by atoms with E-state index in [1.54, 1.807) is 0 Å². The first-order valence-corrected chi connectivity index (χ1v) is 6.81. The van der Waals surface area contributed by atoms with Crippen LogP contribution in [-0.2, 0) is 11.3 Å². The first kappa shape index (κ1) is 18.7. The van der Waals surface area contributed by atoms with Crippen molar-refractivity contribution < 1.29 is 9.53 Å². The van der Waals surface area contributed by atoms with E-state index < -0.39 is 0 Å². The normalized spacial score (nSPS) is 11.3. The molecule has 0 aliphatic rings. The lowest BCUT2D eigenvalue weighted by atomic mass is 10.1. The van der Waals surface area contributed by atoms with Crippen LogP contribution in [0.4, 0.5) is 0 Å². The Balaban J connectivity index is 0.00000361. The molecule has 4 nitrogen and oxygen atoms in total. The van der Waals surface area contributed by atoms with E-state index in [4.69, 9.17) is 4.74 Å². The number of nitrogens with one attached hydrogen (secondary N) is 2. The van der Waals surface area contributed by atoms with Gasteiger partial charge in [-0.15, -0.1) is 12.4 Å². The molecule has 0 fully saturated rings. The minimum absolute atomic E-state index is 0. The van der Waals surface area contributed by atoms with Gasteiger partial charge in [-0.1, -0.05) is 26.0 Å². The van der Waals surface area contributed by atoms with Crippen LogP contribution >= 0.6 is 12.4 Å². The molecular formula is C15H25ClN2O2. The van der Waals surface area contributed by atoms with E-state index in [1.165, 1.54) is 0 Å². The molecule has 1 aromatic carbocycles. The summed E-state index contributed by atoms with van der Waals surface area (Å²) in [7, 11) is 1.85. The second-order valence-electron chi connectivity index (χ2n) is 4.67. The molecule has 0 aliphatic carbocycles. The Bertz CT molecular complexity index is 382. The van der Waals surface area contributed by atoms with Crippen LogP contribution in [-0.4, -0.2) is 26.1 Å². The molecule has 0 bridgehead atoms. The lowest BCUT2D eigenvalue weighted by Crippen LogP contribution is -2.33. The Kier molecular flexibility index (Phi) is 9.86. The minimum Gasteiger partial charge on any atom is -0.494 e. The van der Waals surface area contributed by atoms with Gasteiger partial charge in [0.25, 0.3) is 0 Å². The van der Waals surface area contributed by atoms with E-state index in [9.17, 15) is 4.79 Å². The highest BCUT2D eigenvalue weighted by atomic mass is 35.5. The topological polar surface area (TPSA) is 50.4 Å². The third-order valence-electron chi connectivity index (χ3n) is 2.82. The fourth-order valence-electron chi connectivity index (χ4n) is 1.69. The molecule has 0 heterocycles. The zero-order valence-corrected chi connectivity index (χ0v) is 13.3. The van der Waals surface area contributed by atoms with Gasteiger partial charge in [0.15, 0.2) is 0 Å². The van der Waals surface area contributed by atoms with E-state index in [2.05, 4.69) is 17.6 Å². The largest absolute Gasteiger partial charge is 0.494 e. The molecule has 2 N–H and O–H groups in total. The van der Waals surface area contributed by atoms with Crippen molar-refractivity contribution in [2.24, 2.45) is 5.92 Å². The molecule has 1 aromatic rings. The number of carbonyl (C=O) groups is 1. The smallest absolute Gasteiger partial charge is 0.224 e. The van der Waals surface area contributed by atoms with Crippen LogP contribution in [0.5, 0.6) is 5.75 Å². The van der Waals surface area contributed by atoms with Crippen LogP contribution in [0.15, 0.2) is 24.3 Å². The van der Waals surface area contributed by atoms with Crippen LogP contribution in [0, 0.1) is 5.92 Å². The SMILES string of the molecule is CCCOc1ccc(CNC(=O)C(C)CNC)cc1.Cl. The van der Waals surface area contributed by atoms with Crippen LogP contribution in [0.3, 0.4) is 0 Å². The van der Waals surface area contributed by atoms with E-state index in [-0.39, 0.29) is 24.2 Å². The van der Waals surface area contributed by atoms with Gasteiger partial charge in [0.05, 0.1) is 6.61 Å². The van der Waals surface area contributed by atoms with Crippen molar-refractivity contribution in [2.45, 2.75) is 26.8 Å². The number of ether oxygens (including phenoxy) is 1. The van der Waals surface area contributed by atoms with E-state index in [1.807, 2.05) is 38.2 Å². The molecule has 0 aliphatic heterocycles. The van der Waals surface area contributed by atoms with E-state index in [0.29, 0.717) is 13.1 Å². The number of hydrogen-bond acceptors (Lipinski definition) is 3. The lowest BCUT2D eigenvalue weighted by molar-refractivity contribution is -0.124. The summed E-state index contributed by atoms with van der Waals surface area (Å²) in [4.78, 5) is 11.7. The van der Waals surface area contributed by atoms with Gasteiger partial charge in [-0.3, -0.25) is 4.79 Å². The zero-order chi connectivity index (χ0) is 14.1. The van der Waals surface area contributed by atoms with Gasteiger partial charge >= 0.3 is 0 Å². The Morgan fingerprint density at radius 1 is 1.30 bits per heavy atom. The summed E-state index contributed by atoms with van der Waals surface area (Å²) < 4.78 is 5.51. The average Bonchev–Trinajstić information content (AvgIpc) is 2.43. The fourth-order valence-corrected chi connectivity index (χ4v) is 1.69. The molecule has 20 heavy (non-hydrogen) atoms. The highest BCUT2D eigenvalue weighted by Crippen LogP contribution is 2.12. The number of rotatable bonds is 8. The molecule has 114 valence electrons. The summed E-state index contributed by atoms with van der Waals surface area (Å²) in [6.07, 6.45) is 1.00. The van der Waals surface area contributed by atoms with Crippen LogP contribution < -0.4 is 15.4 Å². The van der Waals surface area contributed by atoms with Crippen LogP contribution in [0.1, 0.15) is 25.8 Å². The molecule has 5 heteroatoms. The summed E-state index contributed by atoms with van der Waals surface area (Å²) >= 11 is 0. The molecule has 0 spiro atoms. The number of halogens is 1. The summed E-state index contributed by atoms with van der Waals surface area (Å²) in [6, 6.07) is 7.84. The van der Waals surface area contributed by atoms with E-state index in [0.717, 1.165) is 24.3 Å². The average molecular weight is 301 g/mol. The Labute approximate surface area is 127 Å². The number of hydrogen-bond donors (Lipinski definition) is 2. The second-order valence-corrected chi connectivity index (χ2v) is 4.67. The predicted octanol–water partition coefficient (Wildman–Crippen LogP) is 2.37. The summed E-state index contributed by atoms with van der Waals surface area (Å²) in [5, 5.41) is 5.92. The van der Waals surface area contributed by atoms with Crippen LogP contribution in [0.25, 0.3) is 0 Å². The maximum Gasteiger partial charge on any atom is 0.224 e. The predicted molar refractivity (Wildman–Crippen MR) is 84.4 cm³/mol. The monoisotopic (exact) mass is 300 g/mol. The highest BCUT2D eigenvalue weighted by Gasteiger charge is 2.10. The Morgan fingerprint density at radius 2 is 1.95 bits per heavy atom. The second kappa shape index (κ2) is 10.5. The van der Waals surface area contributed by atoms with Crippen molar-refractivity contribution >= 4 is 18.3 Å². The molecule has 0 radical (unpaired) electrons. The van der Waals surface area contributed by atoms with Gasteiger partial charge in [0, 0.05) is 19.0 Å². The third-order valence-corrected chi connectivity index (χ3v) is 2.82. The maximum absolute atomic E-state index is 11.7. The van der Waals surface area contributed by atoms with Gasteiger partial charge in [0.2, 0.25) is 5.91 Å². The summed E-state index contributed by atoms with van der Waals surface area (Å²) in [5.41, 5.74) is 1.08. The van der Waals surface area contributed by atoms with Gasteiger partial charge in [0.1, 0.15) is 5.75 Å². The van der Waals surface area contributed by atoms with Crippen molar-refractivity contribution in [1.29, 1.82) is 0 Å². The molecule has 0 saturated heterocycles. The molecule has 1 rings (SSSR count). The van der Waals surface area contributed by atoms with E-state index >= 15 is 0 Å². The molecular weight excluding hydrogens is 276 g/mol. The Hall–Kier alpha value is -1.26. The summed E-state index contributed by atoms with van der Waals surface area (Å²) in [5.74, 6) is 0.929. The Morgan fingerprint density at radius 3 is 2.50 bits per heavy atom. The lowest BCUT2D eigenvalue weighted by Gasteiger charge is -2.12. The van der Waals surface area contributed by atoms with Gasteiger partial charge in [-0.2, -0.15) is 0 Å². The number of carbonyl (C=O) groups excluding carboxylic acids is 1. The van der Waals surface area contributed by atoms with Gasteiger partial charge < -0.3 is 15.4 Å². The number of benzene rings is 1. The van der Waals surface area contributed by atoms with Crippen molar-refractivity contribution in [3.05, 3.63) is 29.8 Å². The third kappa shape index (κ3) is 6.78. The van der Waals surface area contributed by atoms with Gasteiger partial charge in [-0.25, -0.2) is 0 Å². The molecule has 1 amide bonds. The first-order valence-electron chi connectivity index (χ1n) is 6.81. The molecule has 0 saturated carbocycles. The molecule has 0 aromatic heterocycles.